The minimum absolute atomic E-state index is 0.0369. The van der Waals surface area contributed by atoms with Crippen molar-refractivity contribution >= 4 is 33.8 Å². The molecule has 47 heavy (non-hydrogen) atoms. The second-order valence-electron chi connectivity index (χ2n) is 14.5. The minimum atomic E-state index is -3.97. The Hall–Kier alpha value is -3.52. The number of nitrogens with two attached hydrogens (primary N) is 1. The van der Waals surface area contributed by atoms with Crippen molar-refractivity contribution in [2.75, 3.05) is 6.54 Å². The summed E-state index contributed by atoms with van der Waals surface area (Å²) in [7, 11) is -3.97. The number of halogens is 1. The molecule has 1 aromatic rings. The monoisotopic (exact) mass is 673 g/mol. The smallest absolute Gasteiger partial charge is 0.410 e. The van der Waals surface area contributed by atoms with Crippen LogP contribution in [0.15, 0.2) is 30.4 Å². The summed E-state index contributed by atoms with van der Waals surface area (Å²) in [5.41, 5.74) is 6.07. The highest BCUT2D eigenvalue weighted by atomic mass is 32.2. The lowest BCUT2D eigenvalue weighted by Crippen LogP contribution is -2.58. The van der Waals surface area contributed by atoms with Crippen LogP contribution in [0.5, 0.6) is 0 Å². The Kier molecular flexibility index (Phi) is 8.65. The molecule has 2 saturated carbocycles. The van der Waals surface area contributed by atoms with Crippen LogP contribution in [-0.4, -0.2) is 77.1 Å². The predicted octanol–water partition coefficient (Wildman–Crippen LogP) is 2.46. The Balaban J connectivity index is 1.24. The maximum atomic E-state index is 14.3. The Morgan fingerprint density at radius 3 is 2.60 bits per heavy atom. The number of nitrogens with zero attached hydrogens (tertiary/aromatic N) is 2. The second-order valence-corrected chi connectivity index (χ2v) is 16.7. The molecule has 6 rings (SSSR count). The average Bonchev–Trinajstić information content (AvgIpc) is 3.80. The van der Waals surface area contributed by atoms with Crippen LogP contribution in [0.4, 0.5) is 9.18 Å². The highest BCUT2D eigenvalue weighted by molar-refractivity contribution is 7.91. The van der Waals surface area contributed by atoms with Crippen LogP contribution < -0.4 is 15.8 Å². The molecule has 1 aromatic carbocycles. The minimum Gasteiger partial charge on any atom is -0.444 e. The van der Waals surface area contributed by atoms with Crippen molar-refractivity contribution in [3.05, 3.63) is 47.3 Å². The molecule has 5 aliphatic rings. The molecule has 0 bridgehead atoms. The summed E-state index contributed by atoms with van der Waals surface area (Å²) < 4.78 is 47.3. The SMILES string of the molecule is CC1CC/C=C\[C@@H]2C[C@@]2(C(=O)NS(=O)(=O)C2(C)CC2)NC(=O)[C@@H]2C[C@@H](OC(=O)N3Cc4cccc(F)c4C3)CN2C(=O)[C@@H](N)[C@H](C)C1. The fourth-order valence-corrected chi connectivity index (χ4v) is 8.46. The molecule has 3 heterocycles. The lowest BCUT2D eigenvalue weighted by molar-refractivity contribution is -0.141. The van der Waals surface area contributed by atoms with E-state index in [1.165, 1.54) is 15.9 Å². The van der Waals surface area contributed by atoms with Crippen molar-refractivity contribution < 1.29 is 36.7 Å². The van der Waals surface area contributed by atoms with Gasteiger partial charge in [0.05, 0.1) is 23.9 Å². The predicted molar refractivity (Wildman–Crippen MR) is 169 cm³/mol. The molecule has 3 fully saturated rings. The highest BCUT2D eigenvalue weighted by Crippen LogP contribution is 2.47. The van der Waals surface area contributed by atoms with Gasteiger partial charge in [-0.3, -0.25) is 24.0 Å². The molecule has 4 amide bonds. The number of benzene rings is 1. The molecule has 256 valence electrons. The largest absolute Gasteiger partial charge is 0.444 e. The summed E-state index contributed by atoms with van der Waals surface area (Å²) >= 11 is 0. The number of hydrogen-bond acceptors (Lipinski definition) is 8. The molecule has 0 aromatic heterocycles. The van der Waals surface area contributed by atoms with Gasteiger partial charge in [-0.25, -0.2) is 17.6 Å². The first-order valence-corrected chi connectivity index (χ1v) is 18.0. The number of carbonyl (C=O) groups is 4. The molecule has 0 radical (unpaired) electrons. The van der Waals surface area contributed by atoms with Gasteiger partial charge in [-0.05, 0) is 68.9 Å². The van der Waals surface area contributed by atoms with Crippen molar-refractivity contribution in [1.82, 2.24) is 19.8 Å². The van der Waals surface area contributed by atoms with E-state index in [-0.39, 0.29) is 44.3 Å². The van der Waals surface area contributed by atoms with Gasteiger partial charge < -0.3 is 20.7 Å². The van der Waals surface area contributed by atoms with E-state index in [1.54, 1.807) is 19.1 Å². The van der Waals surface area contributed by atoms with Crippen LogP contribution in [0, 0.1) is 23.6 Å². The maximum absolute atomic E-state index is 14.3. The normalized spacial score (nSPS) is 34.1. The quantitative estimate of drug-likeness (QED) is 0.410. The second kappa shape index (κ2) is 12.2. The van der Waals surface area contributed by atoms with E-state index < -0.39 is 74.0 Å². The fraction of sp³-hybridized carbons (Fsp3) is 0.636. The number of ether oxygens (including phenoxy) is 1. The summed E-state index contributed by atoms with van der Waals surface area (Å²) in [4.78, 5) is 57.4. The number of fused-ring (bicyclic) bond motifs is 3. The third-order valence-corrected chi connectivity index (χ3v) is 12.9. The van der Waals surface area contributed by atoms with Crippen LogP contribution in [-0.2, 0) is 42.2 Å². The van der Waals surface area contributed by atoms with Gasteiger partial charge in [0.1, 0.15) is 23.5 Å². The molecule has 3 aliphatic heterocycles. The maximum Gasteiger partial charge on any atom is 0.410 e. The van der Waals surface area contributed by atoms with E-state index in [4.69, 9.17) is 10.5 Å². The van der Waals surface area contributed by atoms with Crippen molar-refractivity contribution in [3.63, 3.8) is 0 Å². The summed E-state index contributed by atoms with van der Waals surface area (Å²) in [6, 6.07) is 2.61. The van der Waals surface area contributed by atoms with Gasteiger partial charge in [-0.1, -0.05) is 38.1 Å². The van der Waals surface area contributed by atoms with Gasteiger partial charge in [0.2, 0.25) is 21.8 Å². The summed E-state index contributed by atoms with van der Waals surface area (Å²) in [5, 5.41) is 2.81. The molecule has 12 nitrogen and oxygen atoms in total. The third kappa shape index (κ3) is 6.38. The van der Waals surface area contributed by atoms with Gasteiger partial charge in [-0.2, -0.15) is 0 Å². The Bertz CT molecular complexity index is 1610. The number of amides is 4. The molecule has 14 heteroatoms. The van der Waals surface area contributed by atoms with Crippen molar-refractivity contribution in [3.8, 4) is 0 Å². The third-order valence-electron chi connectivity index (χ3n) is 10.8. The van der Waals surface area contributed by atoms with E-state index in [0.717, 1.165) is 6.42 Å². The van der Waals surface area contributed by atoms with Gasteiger partial charge in [0.25, 0.3) is 5.91 Å². The van der Waals surface area contributed by atoms with Gasteiger partial charge in [0, 0.05) is 24.4 Å². The fourth-order valence-electron chi connectivity index (χ4n) is 7.14. The zero-order valence-electron chi connectivity index (χ0n) is 27.0. The number of allylic oxidation sites excluding steroid dienone is 1. The molecule has 1 saturated heterocycles. The van der Waals surface area contributed by atoms with Gasteiger partial charge in [0.15, 0.2) is 0 Å². The lowest BCUT2D eigenvalue weighted by Gasteiger charge is -2.30. The van der Waals surface area contributed by atoms with Crippen molar-refractivity contribution in [1.29, 1.82) is 0 Å². The summed E-state index contributed by atoms with van der Waals surface area (Å²) in [6.07, 6.45) is 5.48. The van der Waals surface area contributed by atoms with Crippen LogP contribution >= 0.6 is 0 Å². The Morgan fingerprint density at radius 1 is 1.15 bits per heavy atom. The average molecular weight is 674 g/mol. The van der Waals surface area contributed by atoms with E-state index in [2.05, 4.69) is 17.0 Å². The molecular weight excluding hydrogens is 629 g/mol. The Labute approximate surface area is 274 Å². The summed E-state index contributed by atoms with van der Waals surface area (Å²) in [5.74, 6) is -2.74. The van der Waals surface area contributed by atoms with E-state index in [1.807, 2.05) is 19.1 Å². The summed E-state index contributed by atoms with van der Waals surface area (Å²) in [6.45, 7) is 5.67. The van der Waals surface area contributed by atoms with E-state index in [9.17, 15) is 32.0 Å². The van der Waals surface area contributed by atoms with Crippen LogP contribution in [0.2, 0.25) is 0 Å². The van der Waals surface area contributed by atoms with E-state index >= 15 is 0 Å². The standard InChI is InChI=1S/C33H44FN5O7S/c1-19-7-4-5-9-22-15-33(22,30(42)37-47(44,45)32(3)11-12-32)36-28(40)26-14-23(17-39(26)29(41)27(35)20(2)13-19)46-31(43)38-16-21-8-6-10-25(34)24(21)18-38/h5-6,8-10,19-20,22-23,26-27H,4,7,11-18,35H2,1-3H3,(H,36,40)(H,37,42)/b9-5-/t19?,20-,22-,23-,26+,27+,33-/m1/s1. The first-order valence-electron chi connectivity index (χ1n) is 16.5. The lowest BCUT2D eigenvalue weighted by atomic mass is 9.88. The van der Waals surface area contributed by atoms with Crippen molar-refractivity contribution in [2.24, 2.45) is 23.5 Å². The first-order chi connectivity index (χ1) is 22.1. The number of sulfonamides is 1. The Morgan fingerprint density at radius 2 is 1.89 bits per heavy atom. The number of nitrogens with one attached hydrogen (secondary N) is 2. The number of rotatable bonds is 4. The van der Waals surface area contributed by atoms with Gasteiger partial charge in [-0.15, -0.1) is 0 Å². The molecule has 1 unspecified atom stereocenters. The van der Waals surface area contributed by atoms with Gasteiger partial charge >= 0.3 is 6.09 Å². The van der Waals surface area contributed by atoms with Crippen LogP contribution in [0.3, 0.4) is 0 Å². The highest BCUT2D eigenvalue weighted by Gasteiger charge is 2.63. The first kappa shape index (κ1) is 33.4. The molecule has 7 atom stereocenters. The topological polar surface area (TPSA) is 168 Å². The molecule has 0 spiro atoms. The molecular formula is C33H44FN5O7S. The molecule has 4 N–H and O–H groups in total. The number of hydrogen-bond donors (Lipinski definition) is 3. The number of carbonyl (C=O) groups excluding carboxylic acids is 4. The zero-order valence-corrected chi connectivity index (χ0v) is 27.9. The van der Waals surface area contributed by atoms with Crippen molar-refractivity contribution in [2.45, 2.75) is 107 Å². The zero-order chi connectivity index (χ0) is 33.9. The van der Waals surface area contributed by atoms with Crippen LogP contribution in [0.25, 0.3) is 0 Å². The molecule has 2 aliphatic carbocycles. The van der Waals surface area contributed by atoms with E-state index in [0.29, 0.717) is 36.8 Å². The van der Waals surface area contributed by atoms with Crippen LogP contribution in [0.1, 0.15) is 76.8 Å².